The number of benzene rings is 1. The topological polar surface area (TPSA) is 27.7 Å². The predicted octanol–water partition coefficient (Wildman–Crippen LogP) is 4.08. The van der Waals surface area contributed by atoms with Crippen molar-refractivity contribution in [2.75, 3.05) is 24.2 Å². The fraction of sp³-hybridized carbons (Fsp3) is 0.600. The van der Waals surface area contributed by atoms with Gasteiger partial charge in [0.1, 0.15) is 0 Å². The van der Waals surface area contributed by atoms with Crippen LogP contribution in [0, 0.1) is 0 Å². The van der Waals surface area contributed by atoms with E-state index < -0.39 is 8.80 Å². The molecule has 1 rings (SSSR count). The Hall–Kier alpha value is 0.0469. The Balaban J connectivity index is 2.63. The van der Waals surface area contributed by atoms with Gasteiger partial charge in [-0.05, 0) is 32.3 Å². The molecule has 0 radical (unpaired) electrons. The molecular weight excluding hydrogens is 383 g/mol. The van der Waals surface area contributed by atoms with Crippen molar-refractivity contribution >= 4 is 31.4 Å². The smallest absolute Gasteiger partial charge is 0.374 e. The van der Waals surface area contributed by atoms with Crippen molar-refractivity contribution < 1.29 is 13.3 Å². The van der Waals surface area contributed by atoms with E-state index in [0.717, 1.165) is 29.9 Å². The third-order valence-electron chi connectivity index (χ3n) is 2.89. The van der Waals surface area contributed by atoms with Crippen molar-refractivity contribution in [2.24, 2.45) is 0 Å². The molecule has 0 saturated heterocycles. The lowest BCUT2D eigenvalue weighted by molar-refractivity contribution is 0.0676. The summed E-state index contributed by atoms with van der Waals surface area (Å²) in [6, 6.07) is 11.3. The van der Waals surface area contributed by atoms with Crippen LogP contribution < -0.4 is 0 Å². The standard InChI is InChI=1S/C15H25IO3Si/c1-3-17-20(18-4-2,19-13-8-12-16)14-11-15-9-6-5-7-10-15/h5-7,9-10H,3-4,8,11-14H2,1-2H3. The molecule has 0 saturated carbocycles. The van der Waals surface area contributed by atoms with Gasteiger partial charge in [-0.1, -0.05) is 52.9 Å². The van der Waals surface area contributed by atoms with E-state index in [1.54, 1.807) is 0 Å². The van der Waals surface area contributed by atoms with Gasteiger partial charge >= 0.3 is 8.80 Å². The molecule has 5 heteroatoms. The molecule has 0 N–H and O–H groups in total. The van der Waals surface area contributed by atoms with E-state index in [-0.39, 0.29) is 0 Å². The summed E-state index contributed by atoms with van der Waals surface area (Å²) in [6.45, 7) is 6.02. The maximum atomic E-state index is 6.06. The van der Waals surface area contributed by atoms with Crippen LogP contribution in [0.15, 0.2) is 30.3 Å². The van der Waals surface area contributed by atoms with Gasteiger partial charge in [0.2, 0.25) is 0 Å². The normalized spacial score (nSPS) is 11.8. The molecule has 114 valence electrons. The lowest BCUT2D eigenvalue weighted by Gasteiger charge is -2.29. The molecule has 0 aliphatic carbocycles. The Labute approximate surface area is 137 Å². The van der Waals surface area contributed by atoms with Gasteiger partial charge in [0.25, 0.3) is 0 Å². The summed E-state index contributed by atoms with van der Waals surface area (Å²) in [4.78, 5) is 0. The van der Waals surface area contributed by atoms with Crippen LogP contribution in [-0.2, 0) is 19.7 Å². The third kappa shape index (κ3) is 6.67. The first-order chi connectivity index (χ1) is 9.76. The van der Waals surface area contributed by atoms with E-state index in [1.807, 2.05) is 19.9 Å². The number of halogens is 1. The maximum absolute atomic E-state index is 6.06. The number of hydrogen-bond acceptors (Lipinski definition) is 3. The molecule has 0 amide bonds. The highest BCUT2D eigenvalue weighted by molar-refractivity contribution is 14.1. The van der Waals surface area contributed by atoms with Crippen LogP contribution in [0.1, 0.15) is 25.8 Å². The minimum absolute atomic E-state index is 0.644. The van der Waals surface area contributed by atoms with Gasteiger partial charge in [-0.25, -0.2) is 0 Å². The minimum atomic E-state index is -2.52. The van der Waals surface area contributed by atoms with E-state index >= 15 is 0 Å². The van der Waals surface area contributed by atoms with Crippen LogP contribution in [0.25, 0.3) is 0 Å². The molecule has 1 aromatic rings. The van der Waals surface area contributed by atoms with Crippen LogP contribution >= 0.6 is 22.6 Å². The van der Waals surface area contributed by atoms with Crippen molar-refractivity contribution in [3.63, 3.8) is 0 Å². The molecule has 20 heavy (non-hydrogen) atoms. The Morgan fingerprint density at radius 3 is 2.20 bits per heavy atom. The number of hydrogen-bond donors (Lipinski definition) is 0. The van der Waals surface area contributed by atoms with Crippen molar-refractivity contribution in [1.29, 1.82) is 0 Å². The van der Waals surface area contributed by atoms with Crippen LogP contribution in [0.2, 0.25) is 6.04 Å². The second-order valence-electron chi connectivity index (χ2n) is 4.43. The third-order valence-corrected chi connectivity index (χ3v) is 6.62. The van der Waals surface area contributed by atoms with Crippen LogP contribution in [-0.4, -0.2) is 33.1 Å². The number of rotatable bonds is 11. The summed E-state index contributed by atoms with van der Waals surface area (Å²) in [6.07, 6.45) is 1.98. The highest BCUT2D eigenvalue weighted by Crippen LogP contribution is 2.19. The van der Waals surface area contributed by atoms with Crippen LogP contribution in [0.5, 0.6) is 0 Å². The van der Waals surface area contributed by atoms with Crippen molar-refractivity contribution in [3.8, 4) is 0 Å². The summed E-state index contributed by atoms with van der Waals surface area (Å²) in [5.74, 6) is 0. The Morgan fingerprint density at radius 1 is 1.00 bits per heavy atom. The van der Waals surface area contributed by atoms with Gasteiger partial charge in [-0.2, -0.15) is 0 Å². The molecule has 0 heterocycles. The summed E-state index contributed by atoms with van der Waals surface area (Å²) in [5.41, 5.74) is 1.31. The van der Waals surface area contributed by atoms with Crippen LogP contribution in [0.3, 0.4) is 0 Å². The molecule has 0 spiro atoms. The lowest BCUT2D eigenvalue weighted by atomic mass is 10.2. The molecule has 0 fully saturated rings. The zero-order valence-electron chi connectivity index (χ0n) is 12.4. The summed E-state index contributed by atoms with van der Waals surface area (Å²) >= 11 is 2.37. The first-order valence-corrected chi connectivity index (χ1v) is 10.7. The van der Waals surface area contributed by atoms with Gasteiger partial charge in [0.05, 0.1) is 0 Å². The second kappa shape index (κ2) is 10.7. The van der Waals surface area contributed by atoms with E-state index in [1.165, 1.54) is 5.56 Å². The van der Waals surface area contributed by atoms with Crippen LogP contribution in [0.4, 0.5) is 0 Å². The molecule has 0 aliphatic rings. The quantitative estimate of drug-likeness (QED) is 0.239. The van der Waals surface area contributed by atoms with Gasteiger partial charge in [-0.3, -0.25) is 0 Å². The second-order valence-corrected chi connectivity index (χ2v) is 8.24. The zero-order chi connectivity index (χ0) is 14.7. The Morgan fingerprint density at radius 2 is 1.65 bits per heavy atom. The van der Waals surface area contributed by atoms with Crippen molar-refractivity contribution in [1.82, 2.24) is 0 Å². The minimum Gasteiger partial charge on any atom is -0.374 e. The van der Waals surface area contributed by atoms with Crippen molar-refractivity contribution in [2.45, 2.75) is 32.7 Å². The fourth-order valence-corrected chi connectivity index (χ4v) is 4.93. The molecule has 0 unspecified atom stereocenters. The monoisotopic (exact) mass is 408 g/mol. The zero-order valence-corrected chi connectivity index (χ0v) is 15.6. The highest BCUT2D eigenvalue weighted by Gasteiger charge is 2.40. The van der Waals surface area contributed by atoms with E-state index in [2.05, 4.69) is 46.9 Å². The SMILES string of the molecule is CCO[Si](CCc1ccccc1)(OCC)OCCCI. The predicted molar refractivity (Wildman–Crippen MR) is 93.4 cm³/mol. The summed E-state index contributed by atoms with van der Waals surface area (Å²) < 4.78 is 19.0. The molecular formula is C15H25IO3Si. The Bertz CT molecular complexity index is 342. The number of alkyl halides is 1. The summed E-state index contributed by atoms with van der Waals surface area (Å²) in [7, 11) is -2.52. The maximum Gasteiger partial charge on any atom is 0.501 e. The summed E-state index contributed by atoms with van der Waals surface area (Å²) in [5, 5.41) is 0. The molecule has 3 nitrogen and oxygen atoms in total. The average Bonchev–Trinajstić information content (AvgIpc) is 2.47. The molecule has 0 bridgehead atoms. The van der Waals surface area contributed by atoms with E-state index in [4.69, 9.17) is 13.3 Å². The van der Waals surface area contributed by atoms with Gasteiger partial charge in [-0.15, -0.1) is 0 Å². The van der Waals surface area contributed by atoms with Gasteiger partial charge < -0.3 is 13.3 Å². The first kappa shape index (κ1) is 18.1. The Kier molecular flexibility index (Phi) is 9.71. The van der Waals surface area contributed by atoms with Crippen molar-refractivity contribution in [3.05, 3.63) is 35.9 Å². The highest BCUT2D eigenvalue weighted by atomic mass is 127. The van der Waals surface area contributed by atoms with E-state index in [9.17, 15) is 0 Å². The van der Waals surface area contributed by atoms with Gasteiger partial charge in [0, 0.05) is 30.3 Å². The lowest BCUT2D eigenvalue weighted by Crippen LogP contribution is -2.46. The average molecular weight is 408 g/mol. The molecule has 1 aromatic carbocycles. The molecule has 0 atom stereocenters. The number of aryl methyl sites for hydroxylation is 1. The fourth-order valence-electron chi connectivity index (χ4n) is 2.01. The molecule has 0 aromatic heterocycles. The van der Waals surface area contributed by atoms with E-state index in [0.29, 0.717) is 13.2 Å². The van der Waals surface area contributed by atoms with Gasteiger partial charge in [0.15, 0.2) is 0 Å². The first-order valence-electron chi connectivity index (χ1n) is 7.28. The molecule has 0 aliphatic heterocycles. The largest absolute Gasteiger partial charge is 0.501 e.